The number of aromatic nitrogens is 1. The third-order valence-corrected chi connectivity index (χ3v) is 4.26. The first-order valence-electron chi connectivity index (χ1n) is 9.75. The molecule has 0 spiro atoms. The zero-order valence-electron chi connectivity index (χ0n) is 18.2. The Morgan fingerprint density at radius 1 is 1.18 bits per heavy atom. The molecule has 1 rings (SSSR count). The number of guanidine groups is 1. The molecule has 0 saturated heterocycles. The molecule has 0 bridgehead atoms. The van der Waals surface area contributed by atoms with Crippen LogP contribution in [-0.2, 0) is 11.3 Å². The van der Waals surface area contributed by atoms with Gasteiger partial charge in [-0.05, 0) is 40.2 Å². The van der Waals surface area contributed by atoms with Crippen LogP contribution in [0, 0.1) is 0 Å². The van der Waals surface area contributed by atoms with Crippen molar-refractivity contribution < 1.29 is 9.47 Å². The van der Waals surface area contributed by atoms with Gasteiger partial charge in [0, 0.05) is 57.6 Å². The van der Waals surface area contributed by atoms with Crippen molar-refractivity contribution >= 4 is 29.9 Å². The van der Waals surface area contributed by atoms with Gasteiger partial charge < -0.3 is 20.1 Å². The SMILES string of the molecule is CN=C(NCCCN(C(C)C)C(C)C)NCc1cccnc1OCCOC.I. The Labute approximate surface area is 187 Å². The average Bonchev–Trinajstić information content (AvgIpc) is 2.64. The summed E-state index contributed by atoms with van der Waals surface area (Å²) < 4.78 is 10.7. The van der Waals surface area contributed by atoms with Crippen molar-refractivity contribution in [2.75, 3.05) is 40.5 Å². The summed E-state index contributed by atoms with van der Waals surface area (Å²) in [6.07, 6.45) is 2.79. The van der Waals surface area contributed by atoms with Gasteiger partial charge in [-0.1, -0.05) is 6.07 Å². The molecule has 162 valence electrons. The van der Waals surface area contributed by atoms with Gasteiger partial charge in [-0.3, -0.25) is 9.89 Å². The van der Waals surface area contributed by atoms with Gasteiger partial charge in [-0.2, -0.15) is 0 Å². The number of methoxy groups -OCH3 is 1. The lowest BCUT2D eigenvalue weighted by molar-refractivity contribution is 0.143. The number of rotatable bonds is 12. The number of nitrogens with one attached hydrogen (secondary N) is 2. The van der Waals surface area contributed by atoms with Crippen LogP contribution in [0.4, 0.5) is 0 Å². The molecule has 8 heteroatoms. The van der Waals surface area contributed by atoms with Crippen molar-refractivity contribution in [1.29, 1.82) is 0 Å². The van der Waals surface area contributed by atoms with Crippen LogP contribution >= 0.6 is 24.0 Å². The monoisotopic (exact) mass is 507 g/mol. The normalized spacial score (nSPS) is 11.7. The molecule has 7 nitrogen and oxygen atoms in total. The molecular weight excluding hydrogens is 469 g/mol. The van der Waals surface area contributed by atoms with Crippen LogP contribution in [-0.4, -0.2) is 68.4 Å². The lowest BCUT2D eigenvalue weighted by atomic mass is 10.2. The highest BCUT2D eigenvalue weighted by atomic mass is 127. The quantitative estimate of drug-likeness (QED) is 0.196. The average molecular weight is 507 g/mol. The Morgan fingerprint density at radius 3 is 2.50 bits per heavy atom. The Hall–Kier alpha value is -1.13. The van der Waals surface area contributed by atoms with Gasteiger partial charge in [0.25, 0.3) is 0 Å². The maximum atomic E-state index is 5.67. The smallest absolute Gasteiger partial charge is 0.218 e. The van der Waals surface area contributed by atoms with E-state index in [4.69, 9.17) is 9.47 Å². The second-order valence-electron chi connectivity index (χ2n) is 6.94. The van der Waals surface area contributed by atoms with Crippen molar-refractivity contribution in [2.24, 2.45) is 4.99 Å². The summed E-state index contributed by atoms with van der Waals surface area (Å²) in [7, 11) is 3.44. The molecule has 0 atom stereocenters. The summed E-state index contributed by atoms with van der Waals surface area (Å²) in [5.74, 6) is 1.41. The number of hydrogen-bond donors (Lipinski definition) is 2. The molecule has 28 heavy (non-hydrogen) atoms. The van der Waals surface area contributed by atoms with E-state index in [1.165, 1.54) is 0 Å². The first-order valence-corrected chi connectivity index (χ1v) is 9.75. The highest BCUT2D eigenvalue weighted by Crippen LogP contribution is 2.13. The Kier molecular flexibility index (Phi) is 15.1. The van der Waals surface area contributed by atoms with Crippen LogP contribution < -0.4 is 15.4 Å². The molecule has 0 amide bonds. The summed E-state index contributed by atoms with van der Waals surface area (Å²) in [6, 6.07) is 5.02. The van der Waals surface area contributed by atoms with E-state index in [-0.39, 0.29) is 24.0 Å². The van der Waals surface area contributed by atoms with Crippen LogP contribution in [0.25, 0.3) is 0 Å². The van der Waals surface area contributed by atoms with Gasteiger partial charge in [0.05, 0.1) is 6.61 Å². The van der Waals surface area contributed by atoms with E-state index in [0.717, 1.165) is 31.0 Å². The standard InChI is InChI=1S/C20H37N5O2.HI/c1-16(2)25(17(3)4)12-8-11-23-20(21-5)24-15-18-9-7-10-22-19(18)27-14-13-26-6;/h7,9-10,16-17H,8,11-15H2,1-6H3,(H2,21,23,24);1H. The Morgan fingerprint density at radius 2 is 1.89 bits per heavy atom. The van der Waals surface area contributed by atoms with Gasteiger partial charge in [-0.15, -0.1) is 24.0 Å². The third kappa shape index (κ3) is 10.4. The second-order valence-corrected chi connectivity index (χ2v) is 6.94. The molecular formula is C20H38IN5O2. The molecule has 0 saturated carbocycles. The number of ether oxygens (including phenoxy) is 2. The van der Waals surface area contributed by atoms with Crippen LogP contribution in [0.15, 0.2) is 23.3 Å². The van der Waals surface area contributed by atoms with Crippen LogP contribution in [0.3, 0.4) is 0 Å². The van der Waals surface area contributed by atoms with Gasteiger partial charge in [0.15, 0.2) is 5.96 Å². The maximum Gasteiger partial charge on any atom is 0.218 e. The predicted molar refractivity (Wildman–Crippen MR) is 127 cm³/mol. The van der Waals surface area contributed by atoms with Gasteiger partial charge in [0.2, 0.25) is 5.88 Å². The minimum absolute atomic E-state index is 0. The zero-order chi connectivity index (χ0) is 20.1. The minimum atomic E-state index is 0. The molecule has 0 aliphatic rings. The van der Waals surface area contributed by atoms with Crippen molar-refractivity contribution in [1.82, 2.24) is 20.5 Å². The summed E-state index contributed by atoms with van der Waals surface area (Å²) in [4.78, 5) is 11.1. The van der Waals surface area contributed by atoms with Crippen molar-refractivity contribution in [3.63, 3.8) is 0 Å². The minimum Gasteiger partial charge on any atom is -0.475 e. The van der Waals surface area contributed by atoms with Crippen molar-refractivity contribution in [2.45, 2.75) is 52.7 Å². The number of aliphatic imine (C=N–C) groups is 1. The molecule has 0 fully saturated rings. The third-order valence-electron chi connectivity index (χ3n) is 4.26. The highest BCUT2D eigenvalue weighted by Gasteiger charge is 2.12. The van der Waals surface area contributed by atoms with Gasteiger partial charge in [-0.25, -0.2) is 4.98 Å². The lowest BCUT2D eigenvalue weighted by Gasteiger charge is -2.30. The van der Waals surface area contributed by atoms with Crippen molar-refractivity contribution in [3.8, 4) is 5.88 Å². The first-order chi connectivity index (χ1) is 13.0. The Bertz CT molecular complexity index is 547. The molecule has 1 aromatic rings. The molecule has 1 heterocycles. The fourth-order valence-corrected chi connectivity index (χ4v) is 2.89. The molecule has 2 N–H and O–H groups in total. The van der Waals surface area contributed by atoms with E-state index in [2.05, 4.69) is 53.2 Å². The lowest BCUT2D eigenvalue weighted by Crippen LogP contribution is -2.41. The number of pyridine rings is 1. The summed E-state index contributed by atoms with van der Waals surface area (Å²) in [5.41, 5.74) is 0.988. The van der Waals surface area contributed by atoms with E-state index in [9.17, 15) is 0 Å². The number of nitrogens with zero attached hydrogens (tertiary/aromatic N) is 3. The molecule has 0 aliphatic carbocycles. The fourth-order valence-electron chi connectivity index (χ4n) is 2.89. The van der Waals surface area contributed by atoms with Crippen LogP contribution in [0.1, 0.15) is 39.7 Å². The number of hydrogen-bond acceptors (Lipinski definition) is 5. The molecule has 0 aliphatic heterocycles. The van der Waals surface area contributed by atoms with Crippen LogP contribution in [0.2, 0.25) is 0 Å². The Balaban J connectivity index is 0.00000729. The van der Waals surface area contributed by atoms with E-state index < -0.39 is 0 Å². The van der Waals surface area contributed by atoms with E-state index in [1.807, 2.05) is 12.1 Å². The zero-order valence-corrected chi connectivity index (χ0v) is 20.5. The number of halogens is 1. The summed E-state index contributed by atoms with van der Waals surface area (Å²) >= 11 is 0. The van der Waals surface area contributed by atoms with E-state index in [0.29, 0.717) is 37.7 Å². The highest BCUT2D eigenvalue weighted by molar-refractivity contribution is 14.0. The summed E-state index contributed by atoms with van der Waals surface area (Å²) in [5, 5.41) is 6.70. The van der Waals surface area contributed by atoms with Crippen LogP contribution in [0.5, 0.6) is 5.88 Å². The van der Waals surface area contributed by atoms with Gasteiger partial charge >= 0.3 is 0 Å². The first kappa shape index (κ1) is 26.9. The van der Waals surface area contributed by atoms with E-state index in [1.54, 1.807) is 20.4 Å². The molecule has 0 unspecified atom stereocenters. The molecule has 0 aromatic carbocycles. The summed E-state index contributed by atoms with van der Waals surface area (Å²) in [6.45, 7) is 12.5. The molecule has 0 radical (unpaired) electrons. The second kappa shape index (κ2) is 15.8. The van der Waals surface area contributed by atoms with Crippen molar-refractivity contribution in [3.05, 3.63) is 23.9 Å². The maximum absolute atomic E-state index is 5.67. The molecule has 1 aromatic heterocycles. The predicted octanol–water partition coefficient (Wildman–Crippen LogP) is 2.90. The topological polar surface area (TPSA) is 71.0 Å². The fraction of sp³-hybridized carbons (Fsp3) is 0.700. The van der Waals surface area contributed by atoms with Gasteiger partial charge in [0.1, 0.15) is 6.61 Å². The largest absolute Gasteiger partial charge is 0.475 e. The van der Waals surface area contributed by atoms with E-state index >= 15 is 0 Å².